The SMILES string of the molecule is Cc1ccc(S(=O)(=O)N2C[C@@H](c3ccccc3)SC2=Nc2ccccc2)cc1. The van der Waals surface area contributed by atoms with Crippen LogP contribution in [-0.4, -0.2) is 24.4 Å². The van der Waals surface area contributed by atoms with Gasteiger partial charge in [-0.2, -0.15) is 0 Å². The van der Waals surface area contributed by atoms with E-state index in [1.165, 1.54) is 16.1 Å². The van der Waals surface area contributed by atoms with Gasteiger partial charge in [0.05, 0.1) is 22.4 Å². The Kier molecular flexibility index (Phi) is 5.24. The average Bonchev–Trinajstić information content (AvgIpc) is 3.14. The highest BCUT2D eigenvalue weighted by molar-refractivity contribution is 8.15. The van der Waals surface area contributed by atoms with Crippen molar-refractivity contribution in [3.05, 3.63) is 96.1 Å². The molecule has 28 heavy (non-hydrogen) atoms. The Morgan fingerprint density at radius 3 is 2.14 bits per heavy atom. The first-order valence-electron chi connectivity index (χ1n) is 8.99. The van der Waals surface area contributed by atoms with Crippen molar-refractivity contribution in [3.63, 3.8) is 0 Å². The van der Waals surface area contributed by atoms with Gasteiger partial charge in [0.15, 0.2) is 5.17 Å². The number of sulfonamides is 1. The van der Waals surface area contributed by atoms with Crippen LogP contribution in [0.3, 0.4) is 0 Å². The van der Waals surface area contributed by atoms with Gasteiger partial charge in [-0.3, -0.25) is 0 Å². The van der Waals surface area contributed by atoms with E-state index in [2.05, 4.69) is 4.99 Å². The van der Waals surface area contributed by atoms with E-state index in [9.17, 15) is 8.42 Å². The van der Waals surface area contributed by atoms with Gasteiger partial charge in [0, 0.05) is 0 Å². The molecule has 142 valence electrons. The molecule has 0 spiro atoms. The third-order valence-electron chi connectivity index (χ3n) is 4.55. The Bertz CT molecular complexity index is 1080. The number of nitrogens with zero attached hydrogens (tertiary/aromatic N) is 2. The first-order valence-corrected chi connectivity index (χ1v) is 11.3. The van der Waals surface area contributed by atoms with E-state index in [-0.39, 0.29) is 10.1 Å². The van der Waals surface area contributed by atoms with Crippen LogP contribution in [0.4, 0.5) is 5.69 Å². The summed E-state index contributed by atoms with van der Waals surface area (Å²) in [6.45, 7) is 2.30. The molecule has 1 aliphatic rings. The maximum atomic E-state index is 13.4. The van der Waals surface area contributed by atoms with Gasteiger partial charge in [-0.25, -0.2) is 17.7 Å². The zero-order valence-electron chi connectivity index (χ0n) is 15.4. The molecule has 0 saturated carbocycles. The van der Waals surface area contributed by atoms with Crippen molar-refractivity contribution in [2.45, 2.75) is 17.1 Å². The molecule has 0 N–H and O–H groups in total. The maximum Gasteiger partial charge on any atom is 0.265 e. The Labute approximate surface area is 170 Å². The fourth-order valence-electron chi connectivity index (χ4n) is 3.03. The third-order valence-corrected chi connectivity index (χ3v) is 7.67. The van der Waals surface area contributed by atoms with E-state index in [0.29, 0.717) is 11.7 Å². The molecule has 0 unspecified atom stereocenters. The lowest BCUT2D eigenvalue weighted by molar-refractivity contribution is 0.529. The van der Waals surface area contributed by atoms with Gasteiger partial charge < -0.3 is 0 Å². The molecular weight excluding hydrogens is 388 g/mol. The second kappa shape index (κ2) is 7.81. The maximum absolute atomic E-state index is 13.4. The van der Waals surface area contributed by atoms with E-state index in [1.807, 2.05) is 79.7 Å². The minimum atomic E-state index is -3.68. The summed E-state index contributed by atoms with van der Waals surface area (Å²) in [5.41, 5.74) is 2.85. The van der Waals surface area contributed by atoms with Crippen molar-refractivity contribution in [1.29, 1.82) is 0 Å². The zero-order valence-corrected chi connectivity index (χ0v) is 17.0. The summed E-state index contributed by atoms with van der Waals surface area (Å²) < 4.78 is 28.1. The molecule has 3 aromatic rings. The fourth-order valence-corrected chi connectivity index (χ4v) is 5.99. The minimum Gasteiger partial charge on any atom is -0.243 e. The molecule has 0 amide bonds. The van der Waals surface area contributed by atoms with Crippen molar-refractivity contribution >= 4 is 32.6 Å². The lowest BCUT2D eigenvalue weighted by atomic mass is 10.1. The van der Waals surface area contributed by atoms with Crippen LogP contribution in [0.15, 0.2) is 94.8 Å². The van der Waals surface area contributed by atoms with E-state index in [4.69, 9.17) is 0 Å². The number of aliphatic imine (C=N–C) groups is 1. The van der Waals surface area contributed by atoms with Crippen LogP contribution in [-0.2, 0) is 10.0 Å². The Morgan fingerprint density at radius 2 is 1.50 bits per heavy atom. The van der Waals surface area contributed by atoms with Crippen LogP contribution in [0.25, 0.3) is 0 Å². The molecule has 1 aliphatic heterocycles. The predicted octanol–water partition coefficient (Wildman–Crippen LogP) is 5.16. The zero-order chi connectivity index (χ0) is 19.6. The Hall–Kier alpha value is -2.57. The Morgan fingerprint density at radius 1 is 0.893 bits per heavy atom. The lowest BCUT2D eigenvalue weighted by Gasteiger charge is -2.18. The molecule has 1 heterocycles. The number of aryl methyl sites for hydroxylation is 1. The summed E-state index contributed by atoms with van der Waals surface area (Å²) in [6.07, 6.45) is 0. The standard InChI is InChI=1S/C22H20N2O2S2/c1-17-12-14-20(15-13-17)28(25,26)24-16-21(18-8-4-2-5-9-18)27-22(24)23-19-10-6-3-7-11-19/h2-15,21H,16H2,1H3/t21-/m0/s1. The number of hydrogen-bond acceptors (Lipinski definition) is 4. The molecule has 6 heteroatoms. The molecule has 0 radical (unpaired) electrons. The third kappa shape index (κ3) is 3.84. The topological polar surface area (TPSA) is 49.7 Å². The molecule has 4 nitrogen and oxygen atoms in total. The van der Waals surface area contributed by atoms with E-state index in [1.54, 1.807) is 12.1 Å². The number of hydrogen-bond donors (Lipinski definition) is 0. The number of benzene rings is 3. The first kappa shape index (κ1) is 18.8. The predicted molar refractivity (Wildman–Crippen MR) is 115 cm³/mol. The van der Waals surface area contributed by atoms with Gasteiger partial charge in [0.2, 0.25) is 0 Å². The Balaban J connectivity index is 1.75. The molecule has 1 saturated heterocycles. The lowest BCUT2D eigenvalue weighted by Crippen LogP contribution is -2.32. The molecule has 1 fully saturated rings. The summed E-state index contributed by atoms with van der Waals surface area (Å²) in [6, 6.07) is 26.4. The normalized spacial score (nSPS) is 18.5. The molecule has 1 atom stereocenters. The van der Waals surface area contributed by atoms with Gasteiger partial charge in [-0.15, -0.1) is 0 Å². The summed E-state index contributed by atoms with van der Waals surface area (Å²) in [7, 11) is -3.68. The minimum absolute atomic E-state index is 0.00360. The van der Waals surface area contributed by atoms with Crippen molar-refractivity contribution < 1.29 is 8.42 Å². The summed E-state index contributed by atoms with van der Waals surface area (Å²) in [4.78, 5) is 4.94. The van der Waals surface area contributed by atoms with Gasteiger partial charge in [0.1, 0.15) is 0 Å². The van der Waals surface area contributed by atoms with E-state index >= 15 is 0 Å². The second-order valence-electron chi connectivity index (χ2n) is 6.60. The largest absolute Gasteiger partial charge is 0.265 e. The number of thioether (sulfide) groups is 1. The van der Waals surface area contributed by atoms with Crippen LogP contribution < -0.4 is 0 Å². The van der Waals surface area contributed by atoms with Gasteiger partial charge in [-0.1, -0.05) is 78.0 Å². The van der Waals surface area contributed by atoms with Gasteiger partial charge in [-0.05, 0) is 36.8 Å². The van der Waals surface area contributed by atoms with Crippen molar-refractivity contribution in [1.82, 2.24) is 4.31 Å². The van der Waals surface area contributed by atoms with Gasteiger partial charge >= 0.3 is 0 Å². The van der Waals surface area contributed by atoms with Crippen molar-refractivity contribution in [3.8, 4) is 0 Å². The monoisotopic (exact) mass is 408 g/mol. The molecule has 0 aliphatic carbocycles. The smallest absolute Gasteiger partial charge is 0.243 e. The number of amidine groups is 1. The average molecular weight is 409 g/mol. The fraction of sp³-hybridized carbons (Fsp3) is 0.136. The molecular formula is C22H20N2O2S2. The summed E-state index contributed by atoms with van der Waals surface area (Å²) in [5, 5.41) is 0.504. The highest BCUT2D eigenvalue weighted by atomic mass is 32.2. The van der Waals surface area contributed by atoms with Crippen LogP contribution >= 0.6 is 11.8 Å². The molecule has 0 bridgehead atoms. The van der Waals surface area contributed by atoms with E-state index in [0.717, 1.165) is 16.8 Å². The first-order chi connectivity index (χ1) is 13.5. The van der Waals surface area contributed by atoms with Crippen molar-refractivity contribution in [2.75, 3.05) is 6.54 Å². The van der Waals surface area contributed by atoms with Gasteiger partial charge in [0.25, 0.3) is 10.0 Å². The van der Waals surface area contributed by atoms with E-state index < -0.39 is 10.0 Å². The van der Waals surface area contributed by atoms with Crippen LogP contribution in [0, 0.1) is 6.92 Å². The highest BCUT2D eigenvalue weighted by Crippen LogP contribution is 2.41. The quantitative estimate of drug-likeness (QED) is 0.599. The number of rotatable bonds is 4. The number of para-hydroxylation sites is 1. The van der Waals surface area contributed by atoms with Crippen LogP contribution in [0.2, 0.25) is 0 Å². The van der Waals surface area contributed by atoms with Crippen molar-refractivity contribution in [2.24, 2.45) is 4.99 Å². The molecule has 4 rings (SSSR count). The van der Waals surface area contributed by atoms with Crippen LogP contribution in [0.5, 0.6) is 0 Å². The summed E-state index contributed by atoms with van der Waals surface area (Å²) >= 11 is 1.49. The summed E-state index contributed by atoms with van der Waals surface area (Å²) in [5.74, 6) is 0. The molecule has 0 aromatic heterocycles. The highest BCUT2D eigenvalue weighted by Gasteiger charge is 2.38. The molecule has 3 aromatic carbocycles. The van der Waals surface area contributed by atoms with Crippen LogP contribution in [0.1, 0.15) is 16.4 Å². The second-order valence-corrected chi connectivity index (χ2v) is 9.63.